The topological polar surface area (TPSA) is 58.5 Å². The molecular formula is C11H16ClN3O2. The maximum absolute atomic E-state index is 9.23. The number of hydrogen-bond acceptors (Lipinski definition) is 5. The summed E-state index contributed by atoms with van der Waals surface area (Å²) in [7, 11) is 0. The van der Waals surface area contributed by atoms with Gasteiger partial charge in [-0.3, -0.25) is 0 Å². The predicted octanol–water partition coefficient (Wildman–Crippen LogP) is 1.11. The third-order valence-corrected chi connectivity index (χ3v) is 2.83. The highest BCUT2D eigenvalue weighted by Crippen LogP contribution is 2.25. The first-order valence-electron chi connectivity index (χ1n) is 5.51. The van der Waals surface area contributed by atoms with E-state index in [1.54, 1.807) is 6.07 Å². The third kappa shape index (κ3) is 3.06. The number of halogens is 1. The van der Waals surface area contributed by atoms with Crippen LogP contribution in [0.5, 0.6) is 0 Å². The Hall–Kier alpha value is -0.910. The molecule has 0 spiro atoms. The SMILES string of the molecule is CC1(C)CN(c2cc(Cl)ncn2)CC(CO)O1. The van der Waals surface area contributed by atoms with Gasteiger partial charge in [0.2, 0.25) is 0 Å². The van der Waals surface area contributed by atoms with Crippen LogP contribution in [0.3, 0.4) is 0 Å². The number of aromatic nitrogens is 2. The molecule has 1 atom stereocenters. The van der Waals surface area contributed by atoms with Gasteiger partial charge in [0.15, 0.2) is 0 Å². The van der Waals surface area contributed by atoms with Gasteiger partial charge in [0.05, 0.1) is 18.3 Å². The van der Waals surface area contributed by atoms with Crippen LogP contribution < -0.4 is 4.90 Å². The molecule has 1 aliphatic rings. The van der Waals surface area contributed by atoms with Crippen LogP contribution in [0.2, 0.25) is 5.15 Å². The van der Waals surface area contributed by atoms with Crippen LogP contribution in [0.25, 0.3) is 0 Å². The molecule has 2 rings (SSSR count). The van der Waals surface area contributed by atoms with Crippen LogP contribution in [-0.2, 0) is 4.74 Å². The lowest BCUT2D eigenvalue weighted by Gasteiger charge is -2.42. The minimum Gasteiger partial charge on any atom is -0.394 e. The molecule has 1 aromatic heterocycles. The summed E-state index contributed by atoms with van der Waals surface area (Å²) >= 11 is 5.85. The van der Waals surface area contributed by atoms with E-state index in [2.05, 4.69) is 14.9 Å². The standard InChI is InChI=1S/C11H16ClN3O2/c1-11(2)6-15(4-8(5-16)17-11)10-3-9(12)13-7-14-10/h3,7-8,16H,4-6H2,1-2H3. The summed E-state index contributed by atoms with van der Waals surface area (Å²) < 4.78 is 5.74. The van der Waals surface area contributed by atoms with Gasteiger partial charge in [-0.2, -0.15) is 0 Å². The third-order valence-electron chi connectivity index (χ3n) is 2.63. The van der Waals surface area contributed by atoms with E-state index >= 15 is 0 Å². The molecule has 94 valence electrons. The Kier molecular flexibility index (Phi) is 3.51. The van der Waals surface area contributed by atoms with Crippen molar-refractivity contribution in [2.75, 3.05) is 24.6 Å². The summed E-state index contributed by atoms with van der Waals surface area (Å²) in [5.41, 5.74) is -0.316. The summed E-state index contributed by atoms with van der Waals surface area (Å²) in [6.45, 7) is 5.29. The molecule has 1 fully saturated rings. The van der Waals surface area contributed by atoms with Gasteiger partial charge in [0.1, 0.15) is 17.3 Å². The smallest absolute Gasteiger partial charge is 0.134 e. The highest BCUT2D eigenvalue weighted by atomic mass is 35.5. The molecule has 0 radical (unpaired) electrons. The van der Waals surface area contributed by atoms with Crippen LogP contribution in [0, 0.1) is 0 Å². The van der Waals surface area contributed by atoms with Crippen molar-refractivity contribution < 1.29 is 9.84 Å². The van der Waals surface area contributed by atoms with Gasteiger partial charge in [0.25, 0.3) is 0 Å². The quantitative estimate of drug-likeness (QED) is 0.805. The van der Waals surface area contributed by atoms with Crippen molar-refractivity contribution in [1.82, 2.24) is 9.97 Å². The average molecular weight is 258 g/mol. The minimum absolute atomic E-state index is 0.00124. The van der Waals surface area contributed by atoms with E-state index in [9.17, 15) is 5.11 Å². The number of ether oxygens (including phenoxy) is 1. The number of morpholine rings is 1. The number of aliphatic hydroxyl groups excluding tert-OH is 1. The summed E-state index contributed by atoms with van der Waals surface area (Å²) in [6, 6.07) is 1.72. The van der Waals surface area contributed by atoms with Crippen molar-refractivity contribution in [3.05, 3.63) is 17.5 Å². The van der Waals surface area contributed by atoms with E-state index in [0.29, 0.717) is 18.2 Å². The summed E-state index contributed by atoms with van der Waals surface area (Å²) in [6.07, 6.45) is 1.24. The molecule has 2 heterocycles. The molecule has 1 saturated heterocycles. The van der Waals surface area contributed by atoms with Gasteiger partial charge >= 0.3 is 0 Å². The van der Waals surface area contributed by atoms with Crippen LogP contribution >= 0.6 is 11.6 Å². The molecule has 0 aliphatic carbocycles. The lowest BCUT2D eigenvalue weighted by atomic mass is 10.1. The van der Waals surface area contributed by atoms with Crippen LogP contribution in [0.15, 0.2) is 12.4 Å². The minimum atomic E-state index is -0.316. The first-order chi connectivity index (χ1) is 8.00. The van der Waals surface area contributed by atoms with Crippen molar-refractivity contribution in [3.8, 4) is 0 Å². The number of anilines is 1. The Morgan fingerprint density at radius 1 is 1.59 bits per heavy atom. The zero-order valence-corrected chi connectivity index (χ0v) is 10.7. The molecule has 1 aromatic rings. The Bertz CT molecular complexity index is 400. The van der Waals surface area contributed by atoms with E-state index in [0.717, 1.165) is 5.82 Å². The molecule has 0 saturated carbocycles. The normalized spacial score (nSPS) is 23.8. The van der Waals surface area contributed by atoms with E-state index in [4.69, 9.17) is 16.3 Å². The molecular weight excluding hydrogens is 242 g/mol. The second kappa shape index (κ2) is 4.76. The van der Waals surface area contributed by atoms with Gasteiger partial charge in [-0.25, -0.2) is 9.97 Å². The average Bonchev–Trinajstić information content (AvgIpc) is 2.27. The molecule has 0 amide bonds. The van der Waals surface area contributed by atoms with Gasteiger partial charge < -0.3 is 14.7 Å². The Labute approximate surface area is 105 Å². The fourth-order valence-electron chi connectivity index (χ4n) is 2.06. The maximum atomic E-state index is 9.23. The van der Waals surface area contributed by atoms with Crippen molar-refractivity contribution in [3.63, 3.8) is 0 Å². The number of nitrogens with zero attached hydrogens (tertiary/aromatic N) is 3. The molecule has 1 aliphatic heterocycles. The van der Waals surface area contributed by atoms with Gasteiger partial charge in [-0.05, 0) is 13.8 Å². The van der Waals surface area contributed by atoms with Gasteiger partial charge in [0, 0.05) is 19.2 Å². The molecule has 17 heavy (non-hydrogen) atoms. The first-order valence-corrected chi connectivity index (χ1v) is 5.89. The fourth-order valence-corrected chi connectivity index (χ4v) is 2.20. The van der Waals surface area contributed by atoms with Crippen molar-refractivity contribution in [1.29, 1.82) is 0 Å². The summed E-state index contributed by atoms with van der Waals surface area (Å²) in [5.74, 6) is 0.764. The second-order valence-corrected chi connectivity index (χ2v) is 5.15. The van der Waals surface area contributed by atoms with Gasteiger partial charge in [-0.1, -0.05) is 11.6 Å². The summed E-state index contributed by atoms with van der Waals surface area (Å²) in [4.78, 5) is 10.1. The largest absolute Gasteiger partial charge is 0.394 e. The highest BCUT2D eigenvalue weighted by molar-refractivity contribution is 6.29. The lowest BCUT2D eigenvalue weighted by molar-refractivity contribution is -0.101. The predicted molar refractivity (Wildman–Crippen MR) is 65.3 cm³/mol. The van der Waals surface area contributed by atoms with E-state index in [1.165, 1.54) is 6.33 Å². The Balaban J connectivity index is 2.20. The molecule has 5 nitrogen and oxygen atoms in total. The Morgan fingerprint density at radius 3 is 3.00 bits per heavy atom. The Morgan fingerprint density at radius 2 is 2.35 bits per heavy atom. The van der Waals surface area contributed by atoms with E-state index < -0.39 is 0 Å². The van der Waals surface area contributed by atoms with Crippen LogP contribution in [-0.4, -0.2) is 46.5 Å². The van der Waals surface area contributed by atoms with Crippen LogP contribution in [0.4, 0.5) is 5.82 Å². The highest BCUT2D eigenvalue weighted by Gasteiger charge is 2.33. The number of aliphatic hydroxyl groups is 1. The lowest BCUT2D eigenvalue weighted by Crippen LogP contribution is -2.54. The molecule has 1 unspecified atom stereocenters. The van der Waals surface area contributed by atoms with Gasteiger partial charge in [-0.15, -0.1) is 0 Å². The van der Waals surface area contributed by atoms with E-state index in [1.807, 2.05) is 13.8 Å². The van der Waals surface area contributed by atoms with Crippen molar-refractivity contribution in [2.24, 2.45) is 0 Å². The molecule has 1 N–H and O–H groups in total. The molecule has 0 aromatic carbocycles. The first kappa shape index (κ1) is 12.5. The molecule has 6 heteroatoms. The monoisotopic (exact) mass is 257 g/mol. The number of hydrogen-bond donors (Lipinski definition) is 1. The second-order valence-electron chi connectivity index (χ2n) is 4.76. The molecule has 0 bridgehead atoms. The zero-order valence-electron chi connectivity index (χ0n) is 9.93. The van der Waals surface area contributed by atoms with Crippen molar-refractivity contribution >= 4 is 17.4 Å². The van der Waals surface area contributed by atoms with Crippen LogP contribution in [0.1, 0.15) is 13.8 Å². The van der Waals surface area contributed by atoms with Crippen molar-refractivity contribution in [2.45, 2.75) is 25.6 Å². The van der Waals surface area contributed by atoms with E-state index in [-0.39, 0.29) is 18.3 Å². The number of rotatable bonds is 2. The fraction of sp³-hybridized carbons (Fsp3) is 0.636. The summed E-state index contributed by atoms with van der Waals surface area (Å²) in [5, 5.41) is 9.65. The maximum Gasteiger partial charge on any atom is 0.134 e. The zero-order chi connectivity index (χ0) is 12.5.